The van der Waals surface area contributed by atoms with E-state index < -0.39 is 22.0 Å². The van der Waals surface area contributed by atoms with Gasteiger partial charge in [-0.1, -0.05) is 19.4 Å². The fourth-order valence-corrected chi connectivity index (χ4v) is 3.73. The highest BCUT2D eigenvalue weighted by Crippen LogP contribution is 2.04. The molecule has 2 aromatic heterocycles. The summed E-state index contributed by atoms with van der Waals surface area (Å²) in [6.45, 7) is 4.95. The molecule has 0 fully saturated rings. The molecular weight excluding hydrogens is 358 g/mol. The second kappa shape index (κ2) is 8.41. The predicted octanol–water partition coefficient (Wildman–Crippen LogP) is 1.15. The highest BCUT2D eigenvalue weighted by Gasteiger charge is 2.21. The van der Waals surface area contributed by atoms with Gasteiger partial charge in [0.05, 0.1) is 11.4 Å². The van der Waals surface area contributed by atoms with Crippen molar-refractivity contribution in [2.45, 2.75) is 46.3 Å². The van der Waals surface area contributed by atoms with Gasteiger partial charge < -0.3 is 4.74 Å². The van der Waals surface area contributed by atoms with Gasteiger partial charge in [-0.2, -0.15) is 0 Å². The van der Waals surface area contributed by atoms with Crippen molar-refractivity contribution in [1.82, 2.24) is 14.1 Å². The van der Waals surface area contributed by atoms with E-state index in [4.69, 9.17) is 4.74 Å². The predicted molar refractivity (Wildman–Crippen MR) is 97.3 cm³/mol. The fourth-order valence-electron chi connectivity index (χ4n) is 2.31. The van der Waals surface area contributed by atoms with E-state index in [1.807, 2.05) is 19.9 Å². The molecule has 26 heavy (non-hydrogen) atoms. The Bertz CT molecular complexity index is 953. The summed E-state index contributed by atoms with van der Waals surface area (Å²) in [4.78, 5) is 28.4. The summed E-state index contributed by atoms with van der Waals surface area (Å²) in [6, 6.07) is 3.80. The Morgan fingerprint density at radius 2 is 2.12 bits per heavy atom. The van der Waals surface area contributed by atoms with Gasteiger partial charge in [-0.15, -0.1) is 0 Å². The van der Waals surface area contributed by atoms with Crippen molar-refractivity contribution in [2.24, 2.45) is 0 Å². The summed E-state index contributed by atoms with van der Waals surface area (Å²) in [5, 5.41) is 0. The Labute approximate surface area is 152 Å². The van der Waals surface area contributed by atoms with Crippen molar-refractivity contribution < 1.29 is 17.9 Å². The number of aromatic nitrogens is 2. The molecule has 0 unspecified atom stereocenters. The number of esters is 1. The molecule has 0 spiro atoms. The van der Waals surface area contributed by atoms with Gasteiger partial charge in [0.1, 0.15) is 18.3 Å². The minimum atomic E-state index is -3.53. The van der Waals surface area contributed by atoms with E-state index in [2.05, 4.69) is 9.71 Å². The SMILES string of the molecule is CCCCS(=O)(=O)N[C@@H](C)C(=O)OCc1cc(=O)n2cc(C)ccc2n1. The van der Waals surface area contributed by atoms with Crippen LogP contribution in [-0.2, 0) is 26.2 Å². The summed E-state index contributed by atoms with van der Waals surface area (Å²) in [5.74, 6) is -0.764. The minimum Gasteiger partial charge on any atom is -0.458 e. The molecule has 0 saturated carbocycles. The Hall–Kier alpha value is -2.26. The van der Waals surface area contributed by atoms with Crippen molar-refractivity contribution in [3.63, 3.8) is 0 Å². The molecule has 0 amide bonds. The molecule has 2 heterocycles. The number of carbonyl (C=O) groups excluding carboxylic acids is 1. The van der Waals surface area contributed by atoms with Crippen molar-refractivity contribution in [3.8, 4) is 0 Å². The molecule has 0 aromatic carbocycles. The first kappa shape index (κ1) is 20.1. The number of aryl methyl sites for hydroxylation is 1. The van der Waals surface area contributed by atoms with Crippen LogP contribution in [0.25, 0.3) is 5.65 Å². The molecular formula is C17H23N3O5S. The first-order valence-corrected chi connectivity index (χ1v) is 10.0. The van der Waals surface area contributed by atoms with Crippen molar-refractivity contribution in [3.05, 3.63) is 46.0 Å². The zero-order valence-corrected chi connectivity index (χ0v) is 15.9. The Balaban J connectivity index is 2.02. The van der Waals surface area contributed by atoms with Gasteiger partial charge in [0.15, 0.2) is 0 Å². The van der Waals surface area contributed by atoms with Gasteiger partial charge in [-0.3, -0.25) is 14.0 Å². The number of fused-ring (bicyclic) bond motifs is 1. The van der Waals surface area contributed by atoms with Crippen LogP contribution in [0.2, 0.25) is 0 Å². The molecule has 0 radical (unpaired) electrons. The maximum atomic E-state index is 12.1. The lowest BCUT2D eigenvalue weighted by Gasteiger charge is -2.13. The molecule has 0 aliphatic rings. The highest BCUT2D eigenvalue weighted by molar-refractivity contribution is 7.89. The number of hydrogen-bond acceptors (Lipinski definition) is 6. The first-order chi connectivity index (χ1) is 12.2. The molecule has 0 aliphatic heterocycles. The molecule has 9 heteroatoms. The summed E-state index contributed by atoms with van der Waals surface area (Å²) in [6.07, 6.45) is 2.93. The number of pyridine rings is 1. The molecule has 1 atom stereocenters. The van der Waals surface area contributed by atoms with Crippen LogP contribution in [0.4, 0.5) is 0 Å². The average molecular weight is 381 g/mol. The molecule has 2 aromatic rings. The van der Waals surface area contributed by atoms with Gasteiger partial charge in [0, 0.05) is 12.3 Å². The maximum Gasteiger partial charge on any atom is 0.324 e. The quantitative estimate of drug-likeness (QED) is 0.688. The largest absolute Gasteiger partial charge is 0.458 e. The summed E-state index contributed by atoms with van der Waals surface area (Å²) >= 11 is 0. The van der Waals surface area contributed by atoms with E-state index in [1.54, 1.807) is 12.3 Å². The lowest BCUT2D eigenvalue weighted by molar-refractivity contribution is -0.146. The number of ether oxygens (including phenoxy) is 1. The van der Waals surface area contributed by atoms with E-state index in [-0.39, 0.29) is 17.9 Å². The van der Waals surface area contributed by atoms with Gasteiger partial charge in [-0.05, 0) is 31.9 Å². The van der Waals surface area contributed by atoms with Crippen molar-refractivity contribution in [1.29, 1.82) is 0 Å². The van der Waals surface area contributed by atoms with E-state index in [9.17, 15) is 18.0 Å². The smallest absolute Gasteiger partial charge is 0.324 e. The normalized spacial score (nSPS) is 12.9. The van der Waals surface area contributed by atoms with E-state index in [1.165, 1.54) is 17.4 Å². The minimum absolute atomic E-state index is 0.0382. The van der Waals surface area contributed by atoms with Crippen molar-refractivity contribution in [2.75, 3.05) is 5.75 Å². The number of carbonyl (C=O) groups is 1. The van der Waals surface area contributed by atoms with Crippen LogP contribution in [-0.4, -0.2) is 35.6 Å². The number of sulfonamides is 1. The highest BCUT2D eigenvalue weighted by atomic mass is 32.2. The third-order valence-corrected chi connectivity index (χ3v) is 5.24. The second-order valence-corrected chi connectivity index (χ2v) is 8.01. The third-order valence-electron chi connectivity index (χ3n) is 3.70. The van der Waals surface area contributed by atoms with E-state index in [0.717, 1.165) is 12.0 Å². The maximum absolute atomic E-state index is 12.1. The number of nitrogens with zero attached hydrogens (tertiary/aromatic N) is 2. The molecule has 0 aliphatic carbocycles. The number of nitrogens with one attached hydrogen (secondary N) is 1. The van der Waals surface area contributed by atoms with Gasteiger partial charge >= 0.3 is 5.97 Å². The standard InChI is InChI=1S/C17H23N3O5S/c1-4-5-8-26(23,24)19-13(3)17(22)25-11-14-9-16(21)20-10-12(2)6-7-15(20)18-14/h6-7,9-10,13,19H,4-5,8,11H2,1-3H3/t13-/m0/s1. The Morgan fingerprint density at radius 3 is 2.81 bits per heavy atom. The monoisotopic (exact) mass is 381 g/mol. The fraction of sp³-hybridized carbons (Fsp3) is 0.471. The number of rotatable bonds is 8. The summed E-state index contributed by atoms with van der Waals surface area (Å²) < 4.78 is 32.4. The van der Waals surface area contributed by atoms with Crippen LogP contribution in [0.1, 0.15) is 37.9 Å². The van der Waals surface area contributed by atoms with Gasteiger partial charge in [0.2, 0.25) is 10.0 Å². The van der Waals surface area contributed by atoms with Crippen LogP contribution >= 0.6 is 0 Å². The number of unbranched alkanes of at least 4 members (excludes halogenated alkanes) is 1. The second-order valence-electron chi connectivity index (χ2n) is 6.14. The van der Waals surface area contributed by atoms with Gasteiger partial charge in [-0.25, -0.2) is 18.1 Å². The van der Waals surface area contributed by atoms with E-state index >= 15 is 0 Å². The molecule has 2 rings (SSSR count). The van der Waals surface area contributed by atoms with Crippen molar-refractivity contribution >= 4 is 21.6 Å². The van der Waals surface area contributed by atoms with Crippen LogP contribution in [0.3, 0.4) is 0 Å². The Morgan fingerprint density at radius 1 is 1.38 bits per heavy atom. The third kappa shape index (κ3) is 5.37. The lowest BCUT2D eigenvalue weighted by atomic mass is 10.3. The average Bonchev–Trinajstić information content (AvgIpc) is 2.58. The topological polar surface area (TPSA) is 107 Å². The van der Waals surface area contributed by atoms with Crippen LogP contribution < -0.4 is 10.3 Å². The summed E-state index contributed by atoms with van der Waals surface area (Å²) in [7, 11) is -3.53. The molecule has 0 bridgehead atoms. The first-order valence-electron chi connectivity index (χ1n) is 8.37. The van der Waals surface area contributed by atoms with E-state index in [0.29, 0.717) is 17.8 Å². The lowest BCUT2D eigenvalue weighted by Crippen LogP contribution is -2.40. The van der Waals surface area contributed by atoms with Gasteiger partial charge in [0.25, 0.3) is 5.56 Å². The number of hydrogen-bond donors (Lipinski definition) is 1. The molecule has 8 nitrogen and oxygen atoms in total. The molecule has 0 saturated heterocycles. The van der Waals surface area contributed by atoms with Crippen LogP contribution in [0.5, 0.6) is 0 Å². The summed E-state index contributed by atoms with van der Waals surface area (Å²) in [5.41, 5.74) is 1.39. The zero-order valence-electron chi connectivity index (χ0n) is 15.1. The van der Waals surface area contributed by atoms with Crippen LogP contribution in [0.15, 0.2) is 29.2 Å². The molecule has 1 N–H and O–H groups in total. The van der Waals surface area contributed by atoms with Crippen LogP contribution in [0, 0.1) is 6.92 Å². The Kier molecular flexibility index (Phi) is 6.49. The zero-order chi connectivity index (χ0) is 19.3. The molecule has 142 valence electrons.